The van der Waals surface area contributed by atoms with E-state index in [1.165, 1.54) is 35.3 Å². The number of carbonyl (C=O) groups excluding carboxylic acids is 1. The molecule has 1 amide bonds. The van der Waals surface area contributed by atoms with Crippen molar-refractivity contribution in [2.75, 3.05) is 19.4 Å². The average Bonchev–Trinajstić information content (AvgIpc) is 3.35. The Morgan fingerprint density at radius 3 is 2.58 bits per heavy atom. The quantitative estimate of drug-likeness (QED) is 0.406. The standard InChI is InChI=1S/C23H27N5O3S2/c1-5-15-7-9-17-20(13-15)32-23(25-17)26-22(29)12-11-21-24-18-14-16(33(30,31)27(3)4)8-10-19(18)28(21)6-2/h7-10,13-14H,5-6,11-12H2,1-4H3,(H,25,26,29). The maximum Gasteiger partial charge on any atom is 0.242 e. The fraction of sp³-hybridized carbons (Fsp3) is 0.348. The van der Waals surface area contributed by atoms with Crippen molar-refractivity contribution in [3.63, 3.8) is 0 Å². The van der Waals surface area contributed by atoms with Gasteiger partial charge in [-0.25, -0.2) is 22.7 Å². The Morgan fingerprint density at radius 1 is 1.09 bits per heavy atom. The first kappa shape index (κ1) is 23.3. The Bertz CT molecular complexity index is 1440. The predicted molar refractivity (Wildman–Crippen MR) is 132 cm³/mol. The Balaban J connectivity index is 1.50. The van der Waals surface area contributed by atoms with Crippen molar-refractivity contribution >= 4 is 53.6 Å². The lowest BCUT2D eigenvalue weighted by molar-refractivity contribution is -0.116. The van der Waals surface area contributed by atoms with E-state index >= 15 is 0 Å². The number of fused-ring (bicyclic) bond motifs is 2. The van der Waals surface area contributed by atoms with Crippen molar-refractivity contribution < 1.29 is 13.2 Å². The number of nitrogens with one attached hydrogen (secondary N) is 1. The van der Waals surface area contributed by atoms with Crippen LogP contribution < -0.4 is 5.32 Å². The number of aromatic nitrogens is 3. The third-order valence-electron chi connectivity index (χ3n) is 5.58. The Kier molecular flexibility index (Phi) is 6.51. The molecule has 0 aliphatic rings. The lowest BCUT2D eigenvalue weighted by Gasteiger charge is -2.11. The zero-order valence-electron chi connectivity index (χ0n) is 19.1. The summed E-state index contributed by atoms with van der Waals surface area (Å²) < 4.78 is 29.2. The molecule has 0 saturated heterocycles. The molecule has 4 rings (SSSR count). The van der Waals surface area contributed by atoms with E-state index in [0.717, 1.165) is 28.0 Å². The summed E-state index contributed by atoms with van der Waals surface area (Å²) in [5, 5.41) is 3.49. The van der Waals surface area contributed by atoms with Gasteiger partial charge in [-0.05, 0) is 49.2 Å². The van der Waals surface area contributed by atoms with Crippen LogP contribution in [0.2, 0.25) is 0 Å². The van der Waals surface area contributed by atoms with Crippen LogP contribution in [0.15, 0.2) is 41.3 Å². The minimum Gasteiger partial charge on any atom is -0.328 e. The SMILES string of the molecule is CCc1ccc2nc(NC(=O)CCc3nc4cc(S(=O)(=O)N(C)C)ccc4n3CC)sc2c1. The molecule has 2 aromatic heterocycles. The number of anilines is 1. The molecule has 174 valence electrons. The second-order valence-electron chi connectivity index (χ2n) is 7.93. The molecule has 0 fully saturated rings. The van der Waals surface area contributed by atoms with Crippen LogP contribution in [0, 0.1) is 0 Å². The molecule has 2 heterocycles. The lowest BCUT2D eigenvalue weighted by Crippen LogP contribution is -2.22. The molecular weight excluding hydrogens is 458 g/mol. The fourth-order valence-corrected chi connectivity index (χ4v) is 5.59. The summed E-state index contributed by atoms with van der Waals surface area (Å²) in [6, 6.07) is 11.1. The summed E-state index contributed by atoms with van der Waals surface area (Å²) in [6.07, 6.45) is 1.65. The van der Waals surface area contributed by atoms with E-state index in [0.29, 0.717) is 23.6 Å². The van der Waals surface area contributed by atoms with E-state index < -0.39 is 10.0 Å². The van der Waals surface area contributed by atoms with Crippen molar-refractivity contribution in [1.29, 1.82) is 0 Å². The highest BCUT2D eigenvalue weighted by Crippen LogP contribution is 2.27. The third-order valence-corrected chi connectivity index (χ3v) is 8.32. The van der Waals surface area contributed by atoms with Gasteiger partial charge in [-0.2, -0.15) is 0 Å². The highest BCUT2D eigenvalue weighted by atomic mass is 32.2. The molecule has 8 nitrogen and oxygen atoms in total. The summed E-state index contributed by atoms with van der Waals surface area (Å²) in [5.41, 5.74) is 3.57. The van der Waals surface area contributed by atoms with Gasteiger partial charge in [-0.15, -0.1) is 0 Å². The molecular formula is C23H27N5O3S2. The molecule has 0 spiro atoms. The number of hydrogen-bond acceptors (Lipinski definition) is 6. The van der Waals surface area contributed by atoms with Crippen LogP contribution in [-0.4, -0.2) is 47.3 Å². The number of hydrogen-bond donors (Lipinski definition) is 1. The summed E-state index contributed by atoms with van der Waals surface area (Å²) in [4.78, 5) is 21.9. The van der Waals surface area contributed by atoms with Gasteiger partial charge in [-0.1, -0.05) is 24.3 Å². The van der Waals surface area contributed by atoms with E-state index in [1.807, 2.05) is 17.6 Å². The molecule has 0 bridgehead atoms. The molecule has 2 aromatic carbocycles. The maximum atomic E-state index is 12.6. The normalized spacial score (nSPS) is 12.2. The monoisotopic (exact) mass is 485 g/mol. The number of thiazole rings is 1. The largest absolute Gasteiger partial charge is 0.328 e. The minimum atomic E-state index is -3.54. The minimum absolute atomic E-state index is 0.129. The first-order valence-corrected chi connectivity index (χ1v) is 13.1. The van der Waals surface area contributed by atoms with Gasteiger partial charge >= 0.3 is 0 Å². The van der Waals surface area contributed by atoms with Gasteiger partial charge in [0.25, 0.3) is 0 Å². The van der Waals surface area contributed by atoms with Gasteiger partial charge in [-0.3, -0.25) is 4.79 Å². The number of rotatable bonds is 8. The summed E-state index contributed by atoms with van der Waals surface area (Å²) >= 11 is 1.47. The topological polar surface area (TPSA) is 97.2 Å². The molecule has 1 N–H and O–H groups in total. The van der Waals surface area contributed by atoms with Crippen molar-refractivity contribution in [1.82, 2.24) is 18.8 Å². The molecule has 0 atom stereocenters. The van der Waals surface area contributed by atoms with Crippen molar-refractivity contribution in [2.24, 2.45) is 0 Å². The smallest absolute Gasteiger partial charge is 0.242 e. The number of carbonyl (C=O) groups is 1. The first-order chi connectivity index (χ1) is 15.7. The van der Waals surface area contributed by atoms with Crippen LogP contribution >= 0.6 is 11.3 Å². The molecule has 0 radical (unpaired) electrons. The van der Waals surface area contributed by atoms with Crippen LogP contribution in [-0.2, 0) is 34.2 Å². The molecule has 4 aromatic rings. The Labute approximate surface area is 197 Å². The second-order valence-corrected chi connectivity index (χ2v) is 11.1. The predicted octanol–water partition coefficient (Wildman–Crippen LogP) is 4.05. The Morgan fingerprint density at radius 2 is 1.88 bits per heavy atom. The number of sulfonamides is 1. The average molecular weight is 486 g/mol. The molecule has 0 aliphatic heterocycles. The van der Waals surface area contributed by atoms with Crippen LogP contribution in [0.1, 0.15) is 31.7 Å². The number of benzene rings is 2. The molecule has 0 aliphatic carbocycles. The van der Waals surface area contributed by atoms with Gasteiger partial charge in [0, 0.05) is 33.5 Å². The van der Waals surface area contributed by atoms with Crippen molar-refractivity contribution in [2.45, 2.75) is 44.6 Å². The van der Waals surface area contributed by atoms with E-state index in [2.05, 4.69) is 34.3 Å². The highest BCUT2D eigenvalue weighted by molar-refractivity contribution is 7.89. The van der Waals surface area contributed by atoms with E-state index in [-0.39, 0.29) is 17.2 Å². The van der Waals surface area contributed by atoms with Crippen molar-refractivity contribution in [3.8, 4) is 0 Å². The molecule has 0 saturated carbocycles. The zero-order valence-corrected chi connectivity index (χ0v) is 20.8. The van der Waals surface area contributed by atoms with E-state index in [4.69, 9.17) is 0 Å². The van der Waals surface area contributed by atoms with Gasteiger partial charge in [0.1, 0.15) is 5.82 Å². The van der Waals surface area contributed by atoms with Crippen LogP contribution in [0.4, 0.5) is 5.13 Å². The van der Waals surface area contributed by atoms with Crippen molar-refractivity contribution in [3.05, 3.63) is 47.8 Å². The fourth-order valence-electron chi connectivity index (χ4n) is 3.72. The molecule has 33 heavy (non-hydrogen) atoms. The number of aryl methyl sites for hydroxylation is 3. The van der Waals surface area contributed by atoms with Crippen LogP contribution in [0.3, 0.4) is 0 Å². The zero-order chi connectivity index (χ0) is 23.8. The molecule has 0 unspecified atom stereocenters. The van der Waals surface area contributed by atoms with Crippen LogP contribution in [0.25, 0.3) is 21.3 Å². The summed E-state index contributed by atoms with van der Waals surface area (Å²) in [5.74, 6) is 0.620. The van der Waals surface area contributed by atoms with Gasteiger partial charge in [0.2, 0.25) is 15.9 Å². The third kappa shape index (κ3) is 4.64. The van der Waals surface area contributed by atoms with Gasteiger partial charge in [0.15, 0.2) is 5.13 Å². The number of imidazole rings is 1. The lowest BCUT2D eigenvalue weighted by atomic mass is 10.2. The van der Waals surface area contributed by atoms with Gasteiger partial charge in [0.05, 0.1) is 26.1 Å². The molecule has 10 heteroatoms. The maximum absolute atomic E-state index is 12.6. The number of nitrogens with zero attached hydrogens (tertiary/aromatic N) is 4. The van der Waals surface area contributed by atoms with E-state index in [9.17, 15) is 13.2 Å². The summed E-state index contributed by atoms with van der Waals surface area (Å²) in [6.45, 7) is 4.78. The highest BCUT2D eigenvalue weighted by Gasteiger charge is 2.20. The Hall–Kier alpha value is -2.82. The second kappa shape index (κ2) is 9.20. The van der Waals surface area contributed by atoms with Gasteiger partial charge < -0.3 is 9.88 Å². The summed E-state index contributed by atoms with van der Waals surface area (Å²) in [7, 11) is -0.536. The number of amides is 1. The first-order valence-electron chi connectivity index (χ1n) is 10.8. The van der Waals surface area contributed by atoms with Crippen LogP contribution in [0.5, 0.6) is 0 Å². The van der Waals surface area contributed by atoms with E-state index in [1.54, 1.807) is 18.2 Å².